The Morgan fingerprint density at radius 2 is 1.61 bits per heavy atom. The summed E-state index contributed by atoms with van der Waals surface area (Å²) in [5, 5.41) is 0. The molecule has 0 bridgehead atoms. The van der Waals surface area contributed by atoms with E-state index < -0.39 is 30.0 Å². The fourth-order valence-corrected chi connectivity index (χ4v) is 3.29. The van der Waals surface area contributed by atoms with E-state index in [0.717, 1.165) is 12.1 Å². The van der Waals surface area contributed by atoms with Crippen molar-refractivity contribution in [3.63, 3.8) is 0 Å². The Morgan fingerprint density at radius 1 is 1.17 bits per heavy atom. The molecule has 0 aliphatic rings. The summed E-state index contributed by atoms with van der Waals surface area (Å²) in [7, 11) is -9.24. The smallest absolute Gasteiger partial charge is 0.744 e. The zero-order valence-corrected chi connectivity index (χ0v) is 11.4. The van der Waals surface area contributed by atoms with E-state index in [9.17, 15) is 21.4 Å². The van der Waals surface area contributed by atoms with E-state index >= 15 is 0 Å². The molecule has 0 spiro atoms. The minimum Gasteiger partial charge on any atom is -0.744 e. The molecule has 6 nitrogen and oxygen atoms in total. The molecule has 0 amide bonds. The molecule has 0 heterocycles. The van der Waals surface area contributed by atoms with Crippen LogP contribution in [-0.4, -0.2) is 21.4 Å². The number of rotatable bonds is 4. The quantitative estimate of drug-likeness (QED) is 0.270. The third-order valence-corrected chi connectivity index (χ3v) is 4.06. The van der Waals surface area contributed by atoms with Crippen LogP contribution in [0.5, 0.6) is 0 Å². The van der Waals surface area contributed by atoms with E-state index in [1.165, 1.54) is 19.1 Å². The Labute approximate surface area is 118 Å². The summed E-state index contributed by atoms with van der Waals surface area (Å²) >= 11 is 0. The molecule has 94 valence electrons. The van der Waals surface area contributed by atoms with Gasteiger partial charge < -0.3 is 8.74 Å². The van der Waals surface area contributed by atoms with Crippen LogP contribution in [0, 0.1) is 0 Å². The van der Waals surface area contributed by atoms with Gasteiger partial charge in [-0.2, -0.15) is 8.42 Å². The van der Waals surface area contributed by atoms with E-state index in [1.807, 2.05) is 0 Å². The predicted molar refractivity (Wildman–Crippen MR) is 57.5 cm³/mol. The molecule has 1 aromatic rings. The van der Waals surface area contributed by atoms with Gasteiger partial charge >= 0.3 is 29.0 Å². The molecule has 0 N–H and O–H groups in total. The molecule has 1 aromatic carbocycles. The largest absolute Gasteiger partial charge is 1.00 e. The first-order valence-corrected chi connectivity index (χ1v) is 7.11. The zero-order valence-electron chi connectivity index (χ0n) is 9.78. The summed E-state index contributed by atoms with van der Waals surface area (Å²) in [5.41, 5.74) is 0. The summed E-state index contributed by atoms with van der Waals surface area (Å²) in [6, 6.07) is 4.40. The van der Waals surface area contributed by atoms with Gasteiger partial charge in [-0.1, -0.05) is 18.7 Å². The van der Waals surface area contributed by atoms with Crippen LogP contribution in [0.4, 0.5) is 0 Å². The van der Waals surface area contributed by atoms with Crippen molar-refractivity contribution in [1.29, 1.82) is 0 Å². The second-order valence-electron chi connectivity index (χ2n) is 3.14. The zero-order chi connectivity index (χ0) is 13.3. The number of hydrogen-bond acceptors (Lipinski definition) is 6. The Bertz CT molecular complexity index is 647. The van der Waals surface area contributed by atoms with E-state index in [1.54, 1.807) is 0 Å². The van der Waals surface area contributed by atoms with Crippen molar-refractivity contribution in [2.24, 2.45) is 0 Å². The van der Waals surface area contributed by atoms with Crippen molar-refractivity contribution in [1.82, 2.24) is 0 Å². The molecule has 0 radical (unpaired) electrons. The Balaban J connectivity index is 0.00000289. The summed E-state index contributed by atoms with van der Waals surface area (Å²) in [4.78, 5) is -1.54. The van der Waals surface area contributed by atoms with E-state index in [4.69, 9.17) is 0 Å². The third-order valence-electron chi connectivity index (χ3n) is 1.64. The number of hydrogen-bond donors (Lipinski definition) is 0. The molecule has 0 saturated carbocycles. The summed E-state index contributed by atoms with van der Waals surface area (Å²) in [6.07, 6.45) is 0. The Morgan fingerprint density at radius 3 is 2.00 bits per heavy atom. The van der Waals surface area contributed by atoms with Gasteiger partial charge in [0.25, 0.3) is 0 Å². The van der Waals surface area contributed by atoms with Gasteiger partial charge in [0.15, 0.2) is 0 Å². The van der Waals surface area contributed by atoms with Crippen LogP contribution in [0.2, 0.25) is 0 Å². The Kier molecular flexibility index (Phi) is 5.65. The van der Waals surface area contributed by atoms with Gasteiger partial charge in [0, 0.05) is 0 Å². The topological polar surface area (TPSA) is 101 Å². The maximum absolute atomic E-state index is 11.6. The van der Waals surface area contributed by atoms with Gasteiger partial charge in [-0.05, 0) is 19.1 Å². The third kappa shape index (κ3) is 4.15. The number of benzene rings is 1. The number of allylic oxidation sites excluding steroid dienone is 1. The first-order chi connectivity index (χ1) is 7.64. The van der Waals surface area contributed by atoms with Crippen LogP contribution in [0.15, 0.2) is 46.4 Å². The van der Waals surface area contributed by atoms with Gasteiger partial charge in [0.05, 0.1) is 4.90 Å². The van der Waals surface area contributed by atoms with Gasteiger partial charge in [-0.3, -0.25) is 0 Å². The van der Waals surface area contributed by atoms with Gasteiger partial charge in [-0.15, -0.1) is 0 Å². The minimum atomic E-state index is -4.89. The molecule has 1 rings (SSSR count). The molecule has 0 aliphatic carbocycles. The van der Waals surface area contributed by atoms with Crippen molar-refractivity contribution >= 4 is 20.2 Å². The first-order valence-electron chi connectivity index (χ1n) is 4.29. The molecule has 9 heteroatoms. The predicted octanol–water partition coefficient (Wildman–Crippen LogP) is -2.17. The molecule has 0 aromatic heterocycles. The summed E-state index contributed by atoms with van der Waals surface area (Å²) in [6.45, 7) is 4.51. The van der Waals surface area contributed by atoms with Gasteiger partial charge in [0.2, 0.25) is 0 Å². The van der Waals surface area contributed by atoms with Crippen LogP contribution in [0.1, 0.15) is 6.92 Å². The van der Waals surface area contributed by atoms with Gasteiger partial charge in [0.1, 0.15) is 20.8 Å². The van der Waals surface area contributed by atoms with Crippen molar-refractivity contribution in [3.05, 3.63) is 36.6 Å². The van der Waals surface area contributed by atoms with E-state index in [-0.39, 0.29) is 24.6 Å². The van der Waals surface area contributed by atoms with Crippen LogP contribution in [0.3, 0.4) is 0 Å². The average Bonchev–Trinajstić information content (AvgIpc) is 2.14. The standard InChI is InChI=1S/C9H10O6S2.Li/c1-7(2)15-17(13,14)9-6-4-3-5-8(9)16(10,11)12;/h3-6H,1H2,2H3,(H,10,11,12);/q;+1/p-1. The normalized spacial score (nSPS) is 11.4. The maximum Gasteiger partial charge on any atom is 1.00 e. The van der Waals surface area contributed by atoms with Gasteiger partial charge in [-0.25, -0.2) is 8.42 Å². The van der Waals surface area contributed by atoms with Crippen LogP contribution < -0.4 is 18.9 Å². The molecule has 0 fully saturated rings. The summed E-state index contributed by atoms with van der Waals surface area (Å²) in [5.74, 6) is -0.136. The molecule has 0 atom stereocenters. The molecular formula is C9H9LiO6S2. The SMILES string of the molecule is C=C(C)OS(=O)(=O)c1ccccc1S(=O)(=O)[O-].[Li+]. The van der Waals surface area contributed by atoms with Crippen LogP contribution >= 0.6 is 0 Å². The second-order valence-corrected chi connectivity index (χ2v) is 6.00. The van der Waals surface area contributed by atoms with Crippen molar-refractivity contribution < 1.29 is 44.4 Å². The molecular weight excluding hydrogens is 275 g/mol. The second kappa shape index (κ2) is 5.91. The molecule has 0 saturated heterocycles. The van der Waals surface area contributed by atoms with Crippen molar-refractivity contribution in [2.75, 3.05) is 0 Å². The first kappa shape index (κ1) is 17.2. The monoisotopic (exact) mass is 284 g/mol. The van der Waals surface area contributed by atoms with E-state index in [2.05, 4.69) is 10.8 Å². The molecule has 0 unspecified atom stereocenters. The minimum absolute atomic E-state index is 0. The van der Waals surface area contributed by atoms with Crippen LogP contribution in [-0.2, 0) is 24.4 Å². The van der Waals surface area contributed by atoms with Crippen molar-refractivity contribution in [2.45, 2.75) is 16.7 Å². The van der Waals surface area contributed by atoms with E-state index in [0.29, 0.717) is 0 Å². The van der Waals surface area contributed by atoms with Crippen molar-refractivity contribution in [3.8, 4) is 0 Å². The summed E-state index contributed by atoms with van der Waals surface area (Å²) < 4.78 is 60.3. The molecule has 18 heavy (non-hydrogen) atoms. The fraction of sp³-hybridized carbons (Fsp3) is 0.111. The maximum atomic E-state index is 11.6. The van der Waals surface area contributed by atoms with Crippen LogP contribution in [0.25, 0.3) is 0 Å². The fourth-order valence-electron chi connectivity index (χ4n) is 1.10. The Hall–Kier alpha value is -0.783. The average molecular weight is 284 g/mol. The molecule has 0 aliphatic heterocycles.